The molecule has 0 radical (unpaired) electrons. The molecule has 2 amide bonds. The molecule has 0 aromatic heterocycles. The molecular formula is C24H33Cl2N3O4. The number of methoxy groups -OCH3 is 1. The van der Waals surface area contributed by atoms with Crippen LogP contribution in [0.5, 0.6) is 0 Å². The van der Waals surface area contributed by atoms with E-state index in [0.717, 1.165) is 31.5 Å². The van der Waals surface area contributed by atoms with Gasteiger partial charge in [-0.1, -0.05) is 29.3 Å². The van der Waals surface area contributed by atoms with Crippen LogP contribution in [-0.4, -0.2) is 97.3 Å². The lowest BCUT2D eigenvalue weighted by molar-refractivity contribution is -0.130. The number of nitrogens with zero attached hydrogens (tertiary/aromatic N) is 3. The number of rotatable bonds is 8. The molecule has 2 aliphatic heterocycles. The summed E-state index contributed by atoms with van der Waals surface area (Å²) in [5.41, 5.74) is 0.793. The fraction of sp³-hybridized carbons (Fsp3) is 0.583. The minimum absolute atomic E-state index is 0.0811. The van der Waals surface area contributed by atoms with Crippen molar-refractivity contribution in [1.82, 2.24) is 14.7 Å². The maximum atomic E-state index is 12.6. The third-order valence-electron chi connectivity index (χ3n) is 6.35. The summed E-state index contributed by atoms with van der Waals surface area (Å²) in [4.78, 5) is 31.0. The average molecular weight is 498 g/mol. The van der Waals surface area contributed by atoms with Gasteiger partial charge in [0, 0.05) is 58.2 Å². The average Bonchev–Trinajstić information content (AvgIpc) is 2.98. The summed E-state index contributed by atoms with van der Waals surface area (Å²) in [6.45, 7) is 5.14. The molecule has 2 fully saturated rings. The summed E-state index contributed by atoms with van der Waals surface area (Å²) in [7, 11) is 1.66. The van der Waals surface area contributed by atoms with Gasteiger partial charge in [0.25, 0.3) is 0 Å². The number of benzene rings is 1. The Hall–Kier alpha value is -1.64. The number of piperidine rings is 1. The number of carbonyl (C=O) groups excluding carboxylic acids is 2. The van der Waals surface area contributed by atoms with Crippen molar-refractivity contribution in [3.8, 4) is 0 Å². The van der Waals surface area contributed by atoms with Crippen LogP contribution < -0.4 is 0 Å². The van der Waals surface area contributed by atoms with E-state index in [2.05, 4.69) is 4.90 Å². The molecule has 3 rings (SSSR count). The fourth-order valence-electron chi connectivity index (χ4n) is 4.35. The summed E-state index contributed by atoms with van der Waals surface area (Å²) < 4.78 is 5.18. The van der Waals surface area contributed by atoms with E-state index in [0.29, 0.717) is 55.8 Å². The van der Waals surface area contributed by atoms with Crippen LogP contribution >= 0.6 is 23.2 Å². The molecule has 7 nitrogen and oxygen atoms in total. The number of aliphatic hydroxyl groups is 1. The van der Waals surface area contributed by atoms with Gasteiger partial charge >= 0.3 is 0 Å². The molecule has 2 heterocycles. The Balaban J connectivity index is 1.43. The second kappa shape index (κ2) is 12.7. The number of amides is 2. The molecule has 33 heavy (non-hydrogen) atoms. The zero-order valence-corrected chi connectivity index (χ0v) is 20.6. The lowest BCUT2D eigenvalue weighted by Gasteiger charge is -2.36. The first kappa shape index (κ1) is 26.0. The van der Waals surface area contributed by atoms with Crippen molar-refractivity contribution in [1.29, 1.82) is 0 Å². The Morgan fingerprint density at radius 1 is 1.18 bits per heavy atom. The minimum atomic E-state index is -0.366. The SMILES string of the molecule is COC[C@@H]1CCN(CCCN2CCN(C(=O)C=Cc3ccc(Cl)c(Cl)c3)CCC2=O)C[C@@H]1O. The smallest absolute Gasteiger partial charge is 0.246 e. The van der Waals surface area contributed by atoms with Crippen LogP contribution in [0.25, 0.3) is 6.08 Å². The van der Waals surface area contributed by atoms with Crippen LogP contribution in [0.3, 0.4) is 0 Å². The number of β-amino-alcohol motifs (C(OH)–C–C–N with tert-alkyl or cyclic N) is 1. The normalized spacial score (nSPS) is 22.7. The van der Waals surface area contributed by atoms with Crippen molar-refractivity contribution in [2.75, 3.05) is 59.5 Å². The Labute approximate surface area is 205 Å². The summed E-state index contributed by atoms with van der Waals surface area (Å²) in [5.74, 6) is 0.161. The summed E-state index contributed by atoms with van der Waals surface area (Å²) in [6.07, 6.45) is 4.95. The Morgan fingerprint density at radius 3 is 2.73 bits per heavy atom. The summed E-state index contributed by atoms with van der Waals surface area (Å²) in [5, 5.41) is 11.2. The molecule has 0 aliphatic carbocycles. The molecule has 2 aliphatic rings. The third kappa shape index (κ3) is 7.69. The van der Waals surface area contributed by atoms with Crippen LogP contribution in [-0.2, 0) is 14.3 Å². The van der Waals surface area contributed by atoms with E-state index in [1.54, 1.807) is 36.3 Å². The van der Waals surface area contributed by atoms with Gasteiger partial charge in [-0.25, -0.2) is 0 Å². The Bertz CT molecular complexity index is 851. The molecular weight excluding hydrogens is 465 g/mol. The van der Waals surface area contributed by atoms with E-state index < -0.39 is 0 Å². The van der Waals surface area contributed by atoms with Crippen molar-refractivity contribution in [2.45, 2.75) is 25.4 Å². The van der Waals surface area contributed by atoms with Crippen molar-refractivity contribution in [2.24, 2.45) is 5.92 Å². The minimum Gasteiger partial charge on any atom is -0.391 e. The fourth-order valence-corrected chi connectivity index (χ4v) is 4.66. The largest absolute Gasteiger partial charge is 0.391 e. The van der Waals surface area contributed by atoms with Crippen molar-refractivity contribution >= 4 is 41.1 Å². The predicted molar refractivity (Wildman–Crippen MR) is 130 cm³/mol. The van der Waals surface area contributed by atoms with Gasteiger partial charge in [0.15, 0.2) is 0 Å². The first-order chi connectivity index (χ1) is 15.9. The zero-order chi connectivity index (χ0) is 23.8. The quantitative estimate of drug-likeness (QED) is 0.559. The van der Waals surface area contributed by atoms with Crippen molar-refractivity contribution in [3.63, 3.8) is 0 Å². The zero-order valence-electron chi connectivity index (χ0n) is 19.1. The summed E-state index contributed by atoms with van der Waals surface area (Å²) in [6, 6.07) is 5.20. The first-order valence-electron chi connectivity index (χ1n) is 11.5. The van der Waals surface area contributed by atoms with Crippen LogP contribution in [0.1, 0.15) is 24.8 Å². The molecule has 0 saturated carbocycles. The lowest BCUT2D eigenvalue weighted by Crippen LogP contribution is -2.46. The highest BCUT2D eigenvalue weighted by Crippen LogP contribution is 2.23. The van der Waals surface area contributed by atoms with Gasteiger partial charge in [-0.2, -0.15) is 0 Å². The molecule has 1 aromatic rings. The third-order valence-corrected chi connectivity index (χ3v) is 7.09. The van der Waals surface area contributed by atoms with Crippen LogP contribution in [0.2, 0.25) is 10.0 Å². The Morgan fingerprint density at radius 2 is 2.00 bits per heavy atom. The van der Waals surface area contributed by atoms with Gasteiger partial charge in [-0.05, 0) is 49.7 Å². The number of aliphatic hydroxyl groups excluding tert-OH is 1. The molecule has 9 heteroatoms. The number of ether oxygens (including phenoxy) is 1. The molecule has 182 valence electrons. The second-order valence-corrected chi connectivity index (χ2v) is 9.50. The number of likely N-dealkylation sites (tertiary alicyclic amines) is 1. The molecule has 2 atom stereocenters. The van der Waals surface area contributed by atoms with Crippen LogP contribution in [0.15, 0.2) is 24.3 Å². The van der Waals surface area contributed by atoms with Crippen LogP contribution in [0, 0.1) is 5.92 Å². The lowest BCUT2D eigenvalue weighted by atomic mass is 9.94. The molecule has 0 unspecified atom stereocenters. The summed E-state index contributed by atoms with van der Waals surface area (Å²) >= 11 is 12.0. The van der Waals surface area contributed by atoms with Crippen molar-refractivity contribution in [3.05, 3.63) is 39.9 Å². The van der Waals surface area contributed by atoms with Gasteiger partial charge < -0.3 is 24.5 Å². The topological polar surface area (TPSA) is 73.3 Å². The van der Waals surface area contributed by atoms with Gasteiger partial charge in [0.1, 0.15) is 0 Å². The molecule has 1 N–H and O–H groups in total. The molecule has 1 aromatic carbocycles. The van der Waals surface area contributed by atoms with E-state index in [4.69, 9.17) is 27.9 Å². The van der Waals surface area contributed by atoms with E-state index in [9.17, 15) is 14.7 Å². The van der Waals surface area contributed by atoms with Gasteiger partial charge in [0.05, 0.1) is 22.8 Å². The number of hydrogen-bond donors (Lipinski definition) is 1. The van der Waals surface area contributed by atoms with E-state index in [1.165, 1.54) is 6.08 Å². The van der Waals surface area contributed by atoms with Gasteiger partial charge in [-0.3, -0.25) is 9.59 Å². The van der Waals surface area contributed by atoms with Crippen LogP contribution in [0.4, 0.5) is 0 Å². The van der Waals surface area contributed by atoms with E-state index >= 15 is 0 Å². The Kier molecular flexibility index (Phi) is 10.0. The molecule has 2 saturated heterocycles. The van der Waals surface area contributed by atoms with Gasteiger partial charge in [-0.15, -0.1) is 0 Å². The highest BCUT2D eigenvalue weighted by Gasteiger charge is 2.28. The second-order valence-electron chi connectivity index (χ2n) is 8.69. The number of halogens is 2. The maximum absolute atomic E-state index is 12.6. The molecule has 0 spiro atoms. The number of hydrogen-bond acceptors (Lipinski definition) is 5. The maximum Gasteiger partial charge on any atom is 0.246 e. The van der Waals surface area contributed by atoms with E-state index in [1.807, 2.05) is 4.90 Å². The standard InChI is InChI=1S/C24H33Cl2N3O4/c1-33-17-19-7-11-27(16-22(19)30)9-2-10-28-13-14-29(12-8-24(28)32)23(31)6-4-18-3-5-20(25)21(26)15-18/h3-6,15,19,22,30H,2,7-14,16-17H2,1H3/t19-,22-/m0/s1. The molecule has 0 bridgehead atoms. The monoisotopic (exact) mass is 497 g/mol. The highest BCUT2D eigenvalue weighted by atomic mass is 35.5. The predicted octanol–water partition coefficient (Wildman–Crippen LogP) is 2.79. The van der Waals surface area contributed by atoms with Gasteiger partial charge in [0.2, 0.25) is 11.8 Å². The first-order valence-corrected chi connectivity index (χ1v) is 12.2. The number of carbonyl (C=O) groups is 2. The van der Waals surface area contributed by atoms with E-state index in [-0.39, 0.29) is 23.8 Å². The van der Waals surface area contributed by atoms with Crippen molar-refractivity contribution < 1.29 is 19.4 Å². The highest BCUT2D eigenvalue weighted by molar-refractivity contribution is 6.42.